The van der Waals surface area contributed by atoms with Gasteiger partial charge in [-0.15, -0.1) is 0 Å². The molecule has 0 fully saturated rings. The molecule has 1 amide bonds. The highest BCUT2D eigenvalue weighted by Gasteiger charge is 2.26. The summed E-state index contributed by atoms with van der Waals surface area (Å²) in [5, 5.41) is 13.7. The van der Waals surface area contributed by atoms with Crippen LogP contribution < -0.4 is 20.5 Å². The van der Waals surface area contributed by atoms with Crippen LogP contribution in [-0.2, 0) is 4.79 Å². The molecular formula is C13H17N3O5. The molecule has 0 aromatic heterocycles. The van der Waals surface area contributed by atoms with Crippen LogP contribution in [0.1, 0.15) is 20.3 Å². The molecule has 0 spiro atoms. The Morgan fingerprint density at radius 3 is 2.90 bits per heavy atom. The third-order valence-corrected chi connectivity index (χ3v) is 3.26. The van der Waals surface area contributed by atoms with Gasteiger partial charge in [-0.1, -0.05) is 6.92 Å². The lowest BCUT2D eigenvalue weighted by Gasteiger charge is -2.23. The Morgan fingerprint density at radius 2 is 2.29 bits per heavy atom. The summed E-state index contributed by atoms with van der Waals surface area (Å²) in [5.41, 5.74) is 5.49. The van der Waals surface area contributed by atoms with E-state index < -0.39 is 10.5 Å². The first-order chi connectivity index (χ1) is 9.82. The highest BCUT2D eigenvalue weighted by Crippen LogP contribution is 2.39. The van der Waals surface area contributed by atoms with E-state index in [1.165, 1.54) is 12.1 Å². The SMILES string of the molecule is CCC(C)(N)COc1cc2c(cc1[N+](=O)[O-])OCC(=O)N2. The van der Waals surface area contributed by atoms with E-state index >= 15 is 0 Å². The molecule has 8 nitrogen and oxygen atoms in total. The Balaban J connectivity index is 2.32. The smallest absolute Gasteiger partial charge is 0.314 e. The van der Waals surface area contributed by atoms with Gasteiger partial charge in [0.2, 0.25) is 0 Å². The first kappa shape index (κ1) is 15.0. The number of fused-ring (bicyclic) bond motifs is 1. The number of benzene rings is 1. The molecule has 1 heterocycles. The van der Waals surface area contributed by atoms with Gasteiger partial charge in [0.25, 0.3) is 5.91 Å². The summed E-state index contributed by atoms with van der Waals surface area (Å²) in [6.07, 6.45) is 0.658. The van der Waals surface area contributed by atoms with Gasteiger partial charge >= 0.3 is 5.69 Å². The van der Waals surface area contributed by atoms with E-state index in [4.69, 9.17) is 15.2 Å². The second kappa shape index (κ2) is 5.57. The molecule has 1 aromatic carbocycles. The van der Waals surface area contributed by atoms with Crippen LogP contribution >= 0.6 is 0 Å². The molecule has 2 rings (SSSR count). The van der Waals surface area contributed by atoms with Crippen LogP contribution in [0.2, 0.25) is 0 Å². The Bertz CT molecular complexity index is 585. The molecule has 1 atom stereocenters. The maximum absolute atomic E-state index is 11.3. The largest absolute Gasteiger partial charge is 0.485 e. The second-order valence-electron chi connectivity index (χ2n) is 5.21. The van der Waals surface area contributed by atoms with Crippen molar-refractivity contribution in [3.05, 3.63) is 22.2 Å². The van der Waals surface area contributed by atoms with Crippen LogP contribution in [0.15, 0.2) is 12.1 Å². The first-order valence-electron chi connectivity index (χ1n) is 6.49. The van der Waals surface area contributed by atoms with Crippen molar-refractivity contribution in [2.45, 2.75) is 25.8 Å². The Labute approximate surface area is 121 Å². The summed E-state index contributed by atoms with van der Waals surface area (Å²) in [6.45, 7) is 3.65. The molecule has 0 bridgehead atoms. The minimum Gasteiger partial charge on any atom is -0.485 e. The number of hydrogen-bond donors (Lipinski definition) is 2. The molecule has 21 heavy (non-hydrogen) atoms. The fourth-order valence-electron chi connectivity index (χ4n) is 1.70. The van der Waals surface area contributed by atoms with E-state index in [1.54, 1.807) is 6.92 Å². The van der Waals surface area contributed by atoms with E-state index in [0.717, 1.165) is 0 Å². The summed E-state index contributed by atoms with van der Waals surface area (Å²) in [5.74, 6) is -0.0196. The Morgan fingerprint density at radius 1 is 1.57 bits per heavy atom. The number of anilines is 1. The van der Waals surface area contributed by atoms with Gasteiger partial charge in [0, 0.05) is 11.6 Å². The number of nitrogens with zero attached hydrogens (tertiary/aromatic N) is 1. The lowest BCUT2D eigenvalue weighted by Crippen LogP contribution is -2.41. The van der Waals surface area contributed by atoms with Crippen molar-refractivity contribution in [2.75, 3.05) is 18.5 Å². The zero-order chi connectivity index (χ0) is 15.6. The molecule has 0 saturated carbocycles. The van der Waals surface area contributed by atoms with E-state index in [1.807, 2.05) is 6.92 Å². The number of carbonyl (C=O) groups excluding carboxylic acids is 1. The van der Waals surface area contributed by atoms with Crippen molar-refractivity contribution in [2.24, 2.45) is 5.73 Å². The Hall–Kier alpha value is -2.35. The van der Waals surface area contributed by atoms with Crippen molar-refractivity contribution in [3.8, 4) is 11.5 Å². The minimum absolute atomic E-state index is 0.0506. The van der Waals surface area contributed by atoms with Gasteiger partial charge in [-0.3, -0.25) is 14.9 Å². The van der Waals surface area contributed by atoms with E-state index in [-0.39, 0.29) is 36.3 Å². The van der Waals surface area contributed by atoms with Crippen molar-refractivity contribution < 1.29 is 19.2 Å². The highest BCUT2D eigenvalue weighted by atomic mass is 16.6. The molecule has 0 saturated heterocycles. The van der Waals surface area contributed by atoms with Crippen molar-refractivity contribution in [1.29, 1.82) is 0 Å². The van der Waals surface area contributed by atoms with Crippen LogP contribution in [0.3, 0.4) is 0 Å². The van der Waals surface area contributed by atoms with Crippen molar-refractivity contribution in [1.82, 2.24) is 0 Å². The van der Waals surface area contributed by atoms with Crippen LogP contribution in [-0.4, -0.2) is 29.6 Å². The average molecular weight is 295 g/mol. The molecule has 1 aliphatic heterocycles. The molecule has 114 valence electrons. The topological polar surface area (TPSA) is 117 Å². The van der Waals surface area contributed by atoms with Gasteiger partial charge in [0.05, 0.1) is 16.7 Å². The van der Waals surface area contributed by atoms with Gasteiger partial charge in [0.1, 0.15) is 6.61 Å². The van der Waals surface area contributed by atoms with Crippen molar-refractivity contribution >= 4 is 17.3 Å². The summed E-state index contributed by atoms with van der Waals surface area (Å²) >= 11 is 0. The Kier molecular flexibility index (Phi) is 3.99. The first-order valence-corrected chi connectivity index (χ1v) is 6.49. The maximum atomic E-state index is 11.3. The van der Waals surface area contributed by atoms with E-state index in [2.05, 4.69) is 5.32 Å². The standard InChI is InChI=1S/C13H17N3O5/c1-3-13(2,14)7-21-11-4-8-10(5-9(11)16(18)19)20-6-12(17)15-8/h4-5H,3,6-7,14H2,1-2H3,(H,15,17). The van der Waals surface area contributed by atoms with Gasteiger partial charge in [-0.2, -0.15) is 0 Å². The number of carbonyl (C=O) groups is 1. The molecule has 8 heteroatoms. The highest BCUT2D eigenvalue weighted by molar-refractivity contribution is 5.96. The number of amides is 1. The minimum atomic E-state index is -0.594. The predicted octanol–water partition coefficient (Wildman–Crippen LogP) is 1.43. The summed E-state index contributed by atoms with van der Waals surface area (Å²) in [4.78, 5) is 21.8. The van der Waals surface area contributed by atoms with Crippen molar-refractivity contribution in [3.63, 3.8) is 0 Å². The molecule has 0 radical (unpaired) electrons. The quantitative estimate of drug-likeness (QED) is 0.627. The predicted molar refractivity (Wildman–Crippen MR) is 75.6 cm³/mol. The fourth-order valence-corrected chi connectivity index (χ4v) is 1.70. The number of nitrogens with one attached hydrogen (secondary N) is 1. The molecule has 1 unspecified atom stereocenters. The number of ether oxygens (including phenoxy) is 2. The lowest BCUT2D eigenvalue weighted by molar-refractivity contribution is -0.386. The number of hydrogen-bond acceptors (Lipinski definition) is 6. The number of nitro benzene ring substituents is 1. The van der Waals surface area contributed by atoms with Gasteiger partial charge in [0.15, 0.2) is 18.1 Å². The van der Waals surface area contributed by atoms with Gasteiger partial charge in [-0.05, 0) is 13.3 Å². The monoisotopic (exact) mass is 295 g/mol. The second-order valence-corrected chi connectivity index (χ2v) is 5.21. The third kappa shape index (κ3) is 3.40. The van der Waals surface area contributed by atoms with Crippen LogP contribution in [0.4, 0.5) is 11.4 Å². The zero-order valence-electron chi connectivity index (χ0n) is 11.8. The van der Waals surface area contributed by atoms with E-state index in [0.29, 0.717) is 12.1 Å². The molecule has 0 aliphatic carbocycles. The van der Waals surface area contributed by atoms with E-state index in [9.17, 15) is 14.9 Å². The summed E-state index contributed by atoms with van der Waals surface area (Å²) in [7, 11) is 0. The molecule has 3 N–H and O–H groups in total. The van der Waals surface area contributed by atoms with Crippen LogP contribution in [0, 0.1) is 10.1 Å². The zero-order valence-corrected chi connectivity index (χ0v) is 11.8. The third-order valence-electron chi connectivity index (χ3n) is 3.26. The number of nitrogens with two attached hydrogens (primary N) is 1. The lowest BCUT2D eigenvalue weighted by atomic mass is 10.0. The van der Waals surface area contributed by atoms with Gasteiger partial charge in [-0.25, -0.2) is 0 Å². The molecule has 1 aliphatic rings. The average Bonchev–Trinajstić information content (AvgIpc) is 2.44. The normalized spacial score (nSPS) is 16.2. The van der Waals surface area contributed by atoms with Crippen LogP contribution in [0.5, 0.6) is 11.5 Å². The summed E-state index contributed by atoms with van der Waals surface area (Å²) < 4.78 is 10.6. The molecular weight excluding hydrogens is 278 g/mol. The number of nitro groups is 1. The number of rotatable bonds is 5. The maximum Gasteiger partial charge on any atom is 0.314 e. The fraction of sp³-hybridized carbons (Fsp3) is 0.462. The van der Waals surface area contributed by atoms with Crippen LogP contribution in [0.25, 0.3) is 0 Å². The van der Waals surface area contributed by atoms with Gasteiger partial charge < -0.3 is 20.5 Å². The summed E-state index contributed by atoms with van der Waals surface area (Å²) in [6, 6.07) is 2.63. The molecule has 1 aromatic rings.